The fourth-order valence-corrected chi connectivity index (χ4v) is 4.09. The number of hydrogen-bond acceptors (Lipinski definition) is 3. The smallest absolute Gasteiger partial charge is 0.272 e. The first-order valence-electron chi connectivity index (χ1n) is 8.04. The number of likely N-dealkylation sites (N-methyl/N-ethyl adjacent to an activating group) is 1. The van der Waals surface area contributed by atoms with Crippen LogP contribution in [0.5, 0.6) is 0 Å². The molecule has 2 atom stereocenters. The van der Waals surface area contributed by atoms with Crippen LogP contribution in [0.1, 0.15) is 49.5 Å². The van der Waals surface area contributed by atoms with Crippen molar-refractivity contribution in [1.29, 1.82) is 0 Å². The van der Waals surface area contributed by atoms with E-state index in [4.69, 9.17) is 0 Å². The first kappa shape index (κ1) is 14.6. The van der Waals surface area contributed by atoms with Crippen molar-refractivity contribution in [2.75, 3.05) is 20.1 Å². The third kappa shape index (κ3) is 2.37. The highest BCUT2D eigenvalue weighted by atomic mass is 16.2. The highest BCUT2D eigenvalue weighted by Gasteiger charge is 2.46. The standard InChI is InChI=1S/C16H26N4O/c1-16-9-6-12-20(14(16)7-4-5-11-18(16)2)15(21)13-8-10-17-19(13)3/h8,10,14H,4-7,9,11-12H2,1-3H3/t14-,16-/m0/s1. The maximum Gasteiger partial charge on any atom is 0.272 e. The molecule has 2 saturated heterocycles. The highest BCUT2D eigenvalue weighted by Crippen LogP contribution is 2.37. The lowest BCUT2D eigenvalue weighted by atomic mass is 9.80. The number of nitrogens with zero attached hydrogens (tertiary/aromatic N) is 4. The first-order valence-corrected chi connectivity index (χ1v) is 8.04. The maximum absolute atomic E-state index is 12.9. The number of aromatic nitrogens is 2. The third-order valence-corrected chi connectivity index (χ3v) is 5.57. The third-order valence-electron chi connectivity index (χ3n) is 5.57. The predicted octanol–water partition coefficient (Wildman–Crippen LogP) is 1.90. The predicted molar refractivity (Wildman–Crippen MR) is 82.2 cm³/mol. The zero-order chi connectivity index (χ0) is 15.0. The minimum atomic E-state index is 0.114. The van der Waals surface area contributed by atoms with Crippen LogP contribution in [0.25, 0.3) is 0 Å². The van der Waals surface area contributed by atoms with Crippen molar-refractivity contribution < 1.29 is 4.79 Å². The van der Waals surface area contributed by atoms with Crippen molar-refractivity contribution in [2.24, 2.45) is 7.05 Å². The van der Waals surface area contributed by atoms with Gasteiger partial charge < -0.3 is 4.90 Å². The lowest BCUT2D eigenvalue weighted by molar-refractivity contribution is -0.00391. The van der Waals surface area contributed by atoms with Crippen LogP contribution in [-0.4, -0.2) is 57.2 Å². The fraction of sp³-hybridized carbons (Fsp3) is 0.750. The summed E-state index contributed by atoms with van der Waals surface area (Å²) in [6.07, 6.45) is 7.53. The summed E-state index contributed by atoms with van der Waals surface area (Å²) in [5.41, 5.74) is 0.814. The van der Waals surface area contributed by atoms with Crippen LogP contribution in [0.2, 0.25) is 0 Å². The van der Waals surface area contributed by atoms with Crippen LogP contribution in [0, 0.1) is 0 Å². The largest absolute Gasteiger partial charge is 0.332 e. The Kier molecular flexibility index (Phi) is 3.78. The van der Waals surface area contributed by atoms with E-state index in [-0.39, 0.29) is 11.4 Å². The van der Waals surface area contributed by atoms with Crippen molar-refractivity contribution in [2.45, 2.75) is 50.6 Å². The van der Waals surface area contributed by atoms with Gasteiger partial charge in [0.25, 0.3) is 5.91 Å². The van der Waals surface area contributed by atoms with E-state index < -0.39 is 0 Å². The molecule has 116 valence electrons. The molecule has 0 radical (unpaired) electrons. The van der Waals surface area contributed by atoms with E-state index in [1.165, 1.54) is 19.3 Å². The highest BCUT2D eigenvalue weighted by molar-refractivity contribution is 5.92. The second kappa shape index (κ2) is 5.44. The van der Waals surface area contributed by atoms with Gasteiger partial charge in [-0.3, -0.25) is 14.4 Å². The number of aryl methyl sites for hydroxylation is 1. The molecule has 5 nitrogen and oxygen atoms in total. The van der Waals surface area contributed by atoms with Gasteiger partial charge in [-0.1, -0.05) is 6.42 Å². The first-order chi connectivity index (χ1) is 10.0. The lowest BCUT2D eigenvalue weighted by Gasteiger charge is -2.51. The number of amides is 1. The molecule has 0 spiro atoms. The van der Waals surface area contributed by atoms with Crippen LogP contribution in [0.15, 0.2) is 12.3 Å². The SMILES string of the molecule is CN1CCCC[C@@H]2N(C(=O)c3ccnn3C)CCC[C@@]21C. The summed E-state index contributed by atoms with van der Waals surface area (Å²) in [6.45, 7) is 4.35. The molecular weight excluding hydrogens is 264 g/mol. The van der Waals surface area contributed by atoms with Gasteiger partial charge in [-0.15, -0.1) is 0 Å². The van der Waals surface area contributed by atoms with Crippen LogP contribution in [0.3, 0.4) is 0 Å². The molecule has 2 aliphatic heterocycles. The molecular formula is C16H26N4O. The average Bonchev–Trinajstić information content (AvgIpc) is 2.83. The molecule has 0 N–H and O–H groups in total. The van der Waals surface area contributed by atoms with Crippen LogP contribution >= 0.6 is 0 Å². The normalized spacial score (nSPS) is 30.8. The molecule has 0 aliphatic carbocycles. The van der Waals surface area contributed by atoms with Gasteiger partial charge in [0, 0.05) is 25.3 Å². The van der Waals surface area contributed by atoms with Gasteiger partial charge in [0.15, 0.2) is 0 Å². The maximum atomic E-state index is 12.9. The molecule has 0 bridgehead atoms. The summed E-state index contributed by atoms with van der Waals surface area (Å²) < 4.78 is 1.69. The Morgan fingerprint density at radius 2 is 2.10 bits per heavy atom. The van der Waals surface area contributed by atoms with Crippen molar-refractivity contribution in [3.8, 4) is 0 Å². The second-order valence-corrected chi connectivity index (χ2v) is 6.73. The van der Waals surface area contributed by atoms with Crippen molar-refractivity contribution in [3.63, 3.8) is 0 Å². The molecule has 1 aromatic rings. The van der Waals surface area contributed by atoms with Crippen molar-refractivity contribution in [3.05, 3.63) is 18.0 Å². The molecule has 3 rings (SSSR count). The molecule has 1 aromatic heterocycles. The Bertz CT molecular complexity index is 526. The van der Waals surface area contributed by atoms with Crippen LogP contribution in [0.4, 0.5) is 0 Å². The monoisotopic (exact) mass is 290 g/mol. The molecule has 3 heterocycles. The van der Waals surface area contributed by atoms with E-state index >= 15 is 0 Å². The van der Waals surface area contributed by atoms with E-state index in [1.54, 1.807) is 10.9 Å². The molecule has 0 unspecified atom stereocenters. The minimum Gasteiger partial charge on any atom is -0.332 e. The summed E-state index contributed by atoms with van der Waals surface area (Å²) >= 11 is 0. The summed E-state index contributed by atoms with van der Waals surface area (Å²) in [5, 5.41) is 4.15. The van der Waals surface area contributed by atoms with E-state index in [1.807, 2.05) is 13.1 Å². The molecule has 0 aromatic carbocycles. The number of hydrogen-bond donors (Lipinski definition) is 0. The number of likely N-dealkylation sites (tertiary alicyclic amines) is 2. The van der Waals surface area contributed by atoms with Crippen molar-refractivity contribution >= 4 is 5.91 Å². The van der Waals surface area contributed by atoms with E-state index in [0.717, 1.165) is 25.9 Å². The van der Waals surface area contributed by atoms with Gasteiger partial charge in [-0.05, 0) is 52.3 Å². The summed E-state index contributed by atoms with van der Waals surface area (Å²) in [7, 11) is 4.06. The topological polar surface area (TPSA) is 41.4 Å². The van der Waals surface area contributed by atoms with Gasteiger partial charge in [-0.2, -0.15) is 5.10 Å². The zero-order valence-corrected chi connectivity index (χ0v) is 13.4. The van der Waals surface area contributed by atoms with Crippen LogP contribution in [-0.2, 0) is 7.05 Å². The Hall–Kier alpha value is -1.36. The second-order valence-electron chi connectivity index (χ2n) is 6.73. The van der Waals surface area contributed by atoms with E-state index in [2.05, 4.69) is 28.9 Å². The molecule has 5 heteroatoms. The number of fused-ring (bicyclic) bond motifs is 1. The van der Waals surface area contributed by atoms with Gasteiger partial charge in [0.2, 0.25) is 0 Å². The molecule has 2 fully saturated rings. The summed E-state index contributed by atoms with van der Waals surface area (Å²) in [6, 6.07) is 2.15. The van der Waals surface area contributed by atoms with E-state index in [9.17, 15) is 4.79 Å². The number of carbonyl (C=O) groups excluding carboxylic acids is 1. The summed E-state index contributed by atoms with van der Waals surface area (Å²) in [4.78, 5) is 17.5. The fourth-order valence-electron chi connectivity index (χ4n) is 4.09. The number of rotatable bonds is 1. The lowest BCUT2D eigenvalue weighted by Crippen LogP contribution is -2.63. The Labute approximate surface area is 126 Å². The molecule has 2 aliphatic rings. The van der Waals surface area contributed by atoms with Crippen LogP contribution < -0.4 is 0 Å². The minimum absolute atomic E-state index is 0.114. The van der Waals surface area contributed by atoms with Gasteiger partial charge in [0.05, 0.1) is 6.04 Å². The Morgan fingerprint density at radius 1 is 1.29 bits per heavy atom. The average molecular weight is 290 g/mol. The zero-order valence-electron chi connectivity index (χ0n) is 13.4. The molecule has 0 saturated carbocycles. The molecule has 1 amide bonds. The number of piperidine rings is 1. The molecule has 21 heavy (non-hydrogen) atoms. The van der Waals surface area contributed by atoms with E-state index in [0.29, 0.717) is 11.7 Å². The van der Waals surface area contributed by atoms with Crippen molar-refractivity contribution in [1.82, 2.24) is 19.6 Å². The Morgan fingerprint density at radius 3 is 2.81 bits per heavy atom. The van der Waals surface area contributed by atoms with Gasteiger partial charge >= 0.3 is 0 Å². The number of carbonyl (C=O) groups is 1. The Balaban J connectivity index is 1.91. The summed E-state index contributed by atoms with van der Waals surface area (Å²) in [5.74, 6) is 0.140. The van der Waals surface area contributed by atoms with Gasteiger partial charge in [0.1, 0.15) is 5.69 Å². The quantitative estimate of drug-likeness (QED) is 0.793. The van der Waals surface area contributed by atoms with Gasteiger partial charge in [-0.25, -0.2) is 0 Å².